The summed E-state index contributed by atoms with van der Waals surface area (Å²) in [5.41, 5.74) is 1.35. The monoisotopic (exact) mass is 395 g/mol. The van der Waals surface area contributed by atoms with Crippen LogP contribution in [0.2, 0.25) is 0 Å². The molecule has 2 N–H and O–H groups in total. The standard InChI is InChI=1S/C21H21N3O3S/c1-13(20(25)22-12-15-5-4-10-27-15)28-19-11-17(21(26)23-14-8-9-14)16-6-2-3-7-18(16)24-19/h2-7,10-11,13-14H,8-9,12H2,1H3,(H,22,25)(H,23,26)/t13-/m1/s1. The quantitative estimate of drug-likeness (QED) is 0.598. The average molecular weight is 395 g/mol. The maximum absolute atomic E-state index is 12.7. The normalized spacial score (nSPS) is 14.6. The van der Waals surface area contributed by atoms with Crippen LogP contribution in [0.5, 0.6) is 0 Å². The van der Waals surface area contributed by atoms with Gasteiger partial charge in [-0.15, -0.1) is 0 Å². The fourth-order valence-corrected chi connectivity index (χ4v) is 3.75. The number of carbonyl (C=O) groups is 2. The summed E-state index contributed by atoms with van der Waals surface area (Å²) in [6.07, 6.45) is 3.64. The number of nitrogens with one attached hydrogen (secondary N) is 2. The lowest BCUT2D eigenvalue weighted by Crippen LogP contribution is -2.30. The van der Waals surface area contributed by atoms with Crippen LogP contribution in [0.4, 0.5) is 0 Å². The number of rotatable bonds is 7. The van der Waals surface area contributed by atoms with Crippen molar-refractivity contribution >= 4 is 34.5 Å². The van der Waals surface area contributed by atoms with Gasteiger partial charge in [0.1, 0.15) is 5.76 Å². The van der Waals surface area contributed by atoms with Crippen molar-refractivity contribution < 1.29 is 14.0 Å². The molecule has 0 aliphatic heterocycles. The van der Waals surface area contributed by atoms with Crippen LogP contribution in [0.15, 0.2) is 58.2 Å². The van der Waals surface area contributed by atoms with Crippen molar-refractivity contribution in [2.75, 3.05) is 0 Å². The maximum Gasteiger partial charge on any atom is 0.252 e. The number of hydrogen-bond donors (Lipinski definition) is 2. The highest BCUT2D eigenvalue weighted by Crippen LogP contribution is 2.28. The lowest BCUT2D eigenvalue weighted by atomic mass is 10.1. The van der Waals surface area contributed by atoms with Gasteiger partial charge >= 0.3 is 0 Å². The molecule has 1 aliphatic carbocycles. The Bertz CT molecular complexity index is 999. The summed E-state index contributed by atoms with van der Waals surface area (Å²) in [6.45, 7) is 2.17. The number of para-hydroxylation sites is 1. The van der Waals surface area contributed by atoms with E-state index in [1.165, 1.54) is 11.8 Å². The van der Waals surface area contributed by atoms with Gasteiger partial charge in [0, 0.05) is 11.4 Å². The predicted molar refractivity (Wildman–Crippen MR) is 108 cm³/mol. The third kappa shape index (κ3) is 4.36. The molecule has 1 aromatic carbocycles. The number of benzene rings is 1. The molecule has 0 saturated heterocycles. The molecule has 0 radical (unpaired) electrons. The van der Waals surface area contributed by atoms with E-state index in [1.54, 1.807) is 18.4 Å². The lowest BCUT2D eigenvalue weighted by Gasteiger charge is -2.13. The molecule has 28 heavy (non-hydrogen) atoms. The number of hydrogen-bond acceptors (Lipinski definition) is 5. The van der Waals surface area contributed by atoms with Crippen LogP contribution in [0, 0.1) is 0 Å². The van der Waals surface area contributed by atoms with Crippen molar-refractivity contribution in [1.82, 2.24) is 15.6 Å². The first-order chi connectivity index (χ1) is 13.6. The van der Waals surface area contributed by atoms with Crippen molar-refractivity contribution in [2.24, 2.45) is 0 Å². The second-order valence-electron chi connectivity index (χ2n) is 6.83. The first-order valence-electron chi connectivity index (χ1n) is 9.27. The topological polar surface area (TPSA) is 84.2 Å². The van der Waals surface area contributed by atoms with Crippen molar-refractivity contribution in [3.63, 3.8) is 0 Å². The molecule has 2 heterocycles. The molecule has 0 spiro atoms. The maximum atomic E-state index is 12.7. The molecule has 0 unspecified atom stereocenters. The molecule has 1 atom stereocenters. The Morgan fingerprint density at radius 2 is 2.07 bits per heavy atom. The number of amides is 2. The van der Waals surface area contributed by atoms with Crippen LogP contribution in [-0.4, -0.2) is 28.1 Å². The summed E-state index contributed by atoms with van der Waals surface area (Å²) in [5.74, 6) is 0.506. The summed E-state index contributed by atoms with van der Waals surface area (Å²) >= 11 is 1.34. The summed E-state index contributed by atoms with van der Waals surface area (Å²) in [6, 6.07) is 13.2. The van der Waals surface area contributed by atoms with E-state index in [0.29, 0.717) is 22.9 Å². The van der Waals surface area contributed by atoms with Crippen LogP contribution in [0.3, 0.4) is 0 Å². The Morgan fingerprint density at radius 3 is 2.82 bits per heavy atom. The van der Waals surface area contributed by atoms with Gasteiger partial charge in [0.15, 0.2) is 0 Å². The Morgan fingerprint density at radius 1 is 1.25 bits per heavy atom. The number of fused-ring (bicyclic) bond motifs is 1. The van der Waals surface area contributed by atoms with Crippen LogP contribution >= 0.6 is 11.8 Å². The smallest absolute Gasteiger partial charge is 0.252 e. The van der Waals surface area contributed by atoms with Gasteiger partial charge in [-0.3, -0.25) is 9.59 Å². The third-order valence-corrected chi connectivity index (χ3v) is 5.55. The molecular weight excluding hydrogens is 374 g/mol. The lowest BCUT2D eigenvalue weighted by molar-refractivity contribution is -0.120. The van der Waals surface area contributed by atoms with Crippen LogP contribution < -0.4 is 10.6 Å². The van der Waals surface area contributed by atoms with Crippen molar-refractivity contribution in [3.05, 3.63) is 60.1 Å². The van der Waals surface area contributed by atoms with Gasteiger partial charge in [-0.05, 0) is 44.0 Å². The van der Waals surface area contributed by atoms with E-state index in [2.05, 4.69) is 15.6 Å². The average Bonchev–Trinajstić information content (AvgIpc) is 3.35. The molecule has 2 aromatic heterocycles. The van der Waals surface area contributed by atoms with E-state index in [1.807, 2.05) is 37.3 Å². The summed E-state index contributed by atoms with van der Waals surface area (Å²) in [5, 5.41) is 7.00. The highest BCUT2D eigenvalue weighted by molar-refractivity contribution is 8.00. The molecule has 3 aromatic rings. The second kappa shape index (κ2) is 8.06. The third-order valence-electron chi connectivity index (χ3n) is 4.53. The van der Waals surface area contributed by atoms with Gasteiger partial charge in [0.2, 0.25) is 5.91 Å². The molecule has 0 bridgehead atoms. The van der Waals surface area contributed by atoms with Gasteiger partial charge < -0.3 is 15.1 Å². The number of carbonyl (C=O) groups excluding carboxylic acids is 2. The van der Waals surface area contributed by atoms with Crippen LogP contribution in [0.25, 0.3) is 10.9 Å². The van der Waals surface area contributed by atoms with E-state index in [-0.39, 0.29) is 23.1 Å². The zero-order chi connectivity index (χ0) is 19.5. The van der Waals surface area contributed by atoms with Gasteiger partial charge in [0.25, 0.3) is 5.91 Å². The molecule has 6 nitrogen and oxygen atoms in total. The molecule has 1 saturated carbocycles. The van der Waals surface area contributed by atoms with Gasteiger partial charge in [0.05, 0.1) is 34.2 Å². The number of furan rings is 1. The number of nitrogens with zero attached hydrogens (tertiary/aromatic N) is 1. The summed E-state index contributed by atoms with van der Waals surface area (Å²) in [7, 11) is 0. The van der Waals surface area contributed by atoms with E-state index in [0.717, 1.165) is 23.7 Å². The van der Waals surface area contributed by atoms with E-state index in [9.17, 15) is 9.59 Å². The molecule has 4 rings (SSSR count). The Balaban J connectivity index is 1.50. The van der Waals surface area contributed by atoms with Crippen molar-refractivity contribution in [3.8, 4) is 0 Å². The van der Waals surface area contributed by atoms with E-state index < -0.39 is 0 Å². The molecular formula is C21H21N3O3S. The Hall–Kier alpha value is -2.80. The highest BCUT2D eigenvalue weighted by atomic mass is 32.2. The van der Waals surface area contributed by atoms with E-state index in [4.69, 9.17) is 4.42 Å². The Labute approximate surface area is 167 Å². The van der Waals surface area contributed by atoms with Gasteiger partial charge in [-0.1, -0.05) is 30.0 Å². The molecule has 2 amide bonds. The van der Waals surface area contributed by atoms with E-state index >= 15 is 0 Å². The van der Waals surface area contributed by atoms with Crippen molar-refractivity contribution in [1.29, 1.82) is 0 Å². The Kier molecular flexibility index (Phi) is 5.34. The SMILES string of the molecule is C[C@@H](Sc1cc(C(=O)NC2CC2)c2ccccc2n1)C(=O)NCc1ccco1. The van der Waals surface area contributed by atoms with Crippen LogP contribution in [-0.2, 0) is 11.3 Å². The zero-order valence-electron chi connectivity index (χ0n) is 15.5. The van der Waals surface area contributed by atoms with Gasteiger partial charge in [-0.25, -0.2) is 4.98 Å². The van der Waals surface area contributed by atoms with Crippen LogP contribution in [0.1, 0.15) is 35.9 Å². The fourth-order valence-electron chi connectivity index (χ4n) is 2.86. The largest absolute Gasteiger partial charge is 0.467 e. The second-order valence-corrected chi connectivity index (χ2v) is 8.19. The zero-order valence-corrected chi connectivity index (χ0v) is 16.3. The molecule has 1 fully saturated rings. The first kappa shape index (κ1) is 18.6. The first-order valence-corrected chi connectivity index (χ1v) is 10.2. The molecule has 144 valence electrons. The number of aromatic nitrogens is 1. The highest BCUT2D eigenvalue weighted by Gasteiger charge is 2.25. The number of thioether (sulfide) groups is 1. The van der Waals surface area contributed by atoms with Gasteiger partial charge in [-0.2, -0.15) is 0 Å². The summed E-state index contributed by atoms with van der Waals surface area (Å²) in [4.78, 5) is 29.7. The molecule has 7 heteroatoms. The molecule has 1 aliphatic rings. The minimum atomic E-state index is -0.358. The predicted octanol–water partition coefficient (Wildman–Crippen LogP) is 3.52. The number of pyridine rings is 1. The fraction of sp³-hybridized carbons (Fsp3) is 0.286. The summed E-state index contributed by atoms with van der Waals surface area (Å²) < 4.78 is 5.23. The minimum Gasteiger partial charge on any atom is -0.467 e. The minimum absolute atomic E-state index is 0.0853. The van der Waals surface area contributed by atoms with Crippen molar-refractivity contribution in [2.45, 2.75) is 42.6 Å².